The zero-order valence-corrected chi connectivity index (χ0v) is 9.91. The number of halogens is 1. The number of hydrogen-bond donors (Lipinski definition) is 1. The van der Waals surface area contributed by atoms with E-state index in [9.17, 15) is 9.50 Å². The highest BCUT2D eigenvalue weighted by molar-refractivity contribution is 5.32. The first kappa shape index (κ1) is 12.3. The third kappa shape index (κ3) is 2.76. The van der Waals surface area contributed by atoms with E-state index in [1.165, 1.54) is 7.11 Å². The molecule has 1 aromatic carbocycles. The van der Waals surface area contributed by atoms with E-state index in [0.717, 1.165) is 6.42 Å². The van der Waals surface area contributed by atoms with Crippen molar-refractivity contribution in [1.29, 1.82) is 0 Å². The summed E-state index contributed by atoms with van der Waals surface area (Å²) in [5.74, 6) is -0.183. The lowest BCUT2D eigenvalue weighted by Crippen LogP contribution is -2.40. The summed E-state index contributed by atoms with van der Waals surface area (Å²) >= 11 is 0. The fraction of sp³-hybridized carbons (Fsp3) is 0.538. The van der Waals surface area contributed by atoms with Crippen LogP contribution in [0.3, 0.4) is 0 Å². The summed E-state index contributed by atoms with van der Waals surface area (Å²) in [5.41, 5.74) is -0.483. The molecule has 3 nitrogen and oxygen atoms in total. The zero-order chi connectivity index (χ0) is 12.3. The van der Waals surface area contributed by atoms with E-state index in [1.807, 2.05) is 0 Å². The summed E-state index contributed by atoms with van der Waals surface area (Å²) in [6.07, 6.45) is 1.71. The lowest BCUT2D eigenvalue weighted by atomic mass is 9.89. The third-order valence-corrected chi connectivity index (χ3v) is 3.08. The van der Waals surface area contributed by atoms with Gasteiger partial charge in [-0.15, -0.1) is 0 Å². The third-order valence-electron chi connectivity index (χ3n) is 3.08. The van der Waals surface area contributed by atoms with Crippen LogP contribution in [-0.4, -0.2) is 31.0 Å². The van der Waals surface area contributed by atoms with Gasteiger partial charge in [-0.05, 0) is 24.5 Å². The average Bonchev–Trinajstić information content (AvgIpc) is 2.32. The Balaban J connectivity index is 2.17. The normalized spacial score (nSPS) is 24.6. The molecule has 1 heterocycles. The summed E-state index contributed by atoms with van der Waals surface area (Å²) in [6.45, 7) is 0.937. The van der Waals surface area contributed by atoms with Crippen molar-refractivity contribution in [2.75, 3.05) is 20.3 Å². The molecule has 1 aromatic rings. The minimum Gasteiger partial charge on any atom is -0.494 e. The van der Waals surface area contributed by atoms with Gasteiger partial charge in [-0.3, -0.25) is 0 Å². The lowest BCUT2D eigenvalue weighted by molar-refractivity contribution is -0.0848. The van der Waals surface area contributed by atoms with Crippen LogP contribution in [0.1, 0.15) is 18.4 Å². The average molecular weight is 240 g/mol. The topological polar surface area (TPSA) is 38.7 Å². The molecule has 0 radical (unpaired) electrons. The highest BCUT2D eigenvalue weighted by atomic mass is 19.1. The van der Waals surface area contributed by atoms with Crippen LogP contribution in [0.2, 0.25) is 0 Å². The summed E-state index contributed by atoms with van der Waals surface area (Å²) in [6, 6.07) is 4.97. The Morgan fingerprint density at radius 3 is 3.00 bits per heavy atom. The van der Waals surface area contributed by atoms with E-state index in [0.29, 0.717) is 18.6 Å². The van der Waals surface area contributed by atoms with Crippen LogP contribution in [-0.2, 0) is 11.2 Å². The maximum atomic E-state index is 13.9. The molecule has 0 saturated carbocycles. The van der Waals surface area contributed by atoms with Crippen LogP contribution in [0.5, 0.6) is 5.75 Å². The molecule has 1 aliphatic heterocycles. The first-order valence-electron chi connectivity index (χ1n) is 5.76. The van der Waals surface area contributed by atoms with Crippen LogP contribution in [0.15, 0.2) is 18.2 Å². The van der Waals surface area contributed by atoms with Crippen LogP contribution in [0.25, 0.3) is 0 Å². The Morgan fingerprint density at radius 2 is 2.35 bits per heavy atom. The molecule has 0 amide bonds. The molecule has 2 rings (SSSR count). The molecule has 94 valence electrons. The minimum absolute atomic E-state index is 0.211. The summed E-state index contributed by atoms with van der Waals surface area (Å²) in [7, 11) is 1.43. The van der Waals surface area contributed by atoms with E-state index < -0.39 is 11.4 Å². The second kappa shape index (κ2) is 5.02. The van der Waals surface area contributed by atoms with Gasteiger partial charge < -0.3 is 14.6 Å². The van der Waals surface area contributed by atoms with Crippen LogP contribution in [0, 0.1) is 5.82 Å². The Kier molecular flexibility index (Phi) is 3.64. The van der Waals surface area contributed by atoms with Gasteiger partial charge in [0.25, 0.3) is 0 Å². The summed E-state index contributed by atoms with van der Waals surface area (Å²) in [4.78, 5) is 0. The molecule has 1 fully saturated rings. The predicted molar refractivity (Wildman–Crippen MR) is 61.7 cm³/mol. The van der Waals surface area contributed by atoms with Crippen molar-refractivity contribution in [3.63, 3.8) is 0 Å². The minimum atomic E-state index is -0.953. The van der Waals surface area contributed by atoms with Crippen molar-refractivity contribution in [2.24, 2.45) is 0 Å². The standard InChI is InChI=1S/C13H17FO3/c1-16-11-5-2-4-10(12(11)14)8-13(15)6-3-7-17-9-13/h2,4-5,15H,3,6-9H2,1H3. The number of ether oxygens (including phenoxy) is 2. The quantitative estimate of drug-likeness (QED) is 0.877. The molecule has 1 unspecified atom stereocenters. The largest absolute Gasteiger partial charge is 0.494 e. The number of methoxy groups -OCH3 is 1. The van der Waals surface area contributed by atoms with Gasteiger partial charge in [0.2, 0.25) is 0 Å². The Morgan fingerprint density at radius 1 is 1.53 bits per heavy atom. The van der Waals surface area contributed by atoms with Crippen molar-refractivity contribution in [3.05, 3.63) is 29.6 Å². The molecule has 1 saturated heterocycles. The summed E-state index contributed by atoms with van der Waals surface area (Å²) < 4.78 is 24.1. The maximum Gasteiger partial charge on any atom is 0.168 e. The molecule has 1 atom stereocenters. The Bertz CT molecular complexity index is 386. The molecule has 4 heteroatoms. The molecular formula is C13H17FO3. The molecule has 0 spiro atoms. The van der Waals surface area contributed by atoms with E-state index in [-0.39, 0.29) is 18.8 Å². The second-order valence-corrected chi connectivity index (χ2v) is 4.49. The van der Waals surface area contributed by atoms with Crippen LogP contribution < -0.4 is 4.74 Å². The van der Waals surface area contributed by atoms with E-state index in [4.69, 9.17) is 9.47 Å². The van der Waals surface area contributed by atoms with Crippen molar-refractivity contribution < 1.29 is 19.0 Å². The summed E-state index contributed by atoms with van der Waals surface area (Å²) in [5, 5.41) is 10.3. The molecular weight excluding hydrogens is 223 g/mol. The zero-order valence-electron chi connectivity index (χ0n) is 9.91. The Labute approximate surface area is 100 Å². The lowest BCUT2D eigenvalue weighted by Gasteiger charge is -2.32. The van der Waals surface area contributed by atoms with Gasteiger partial charge in [0.1, 0.15) is 0 Å². The van der Waals surface area contributed by atoms with Gasteiger partial charge >= 0.3 is 0 Å². The molecule has 0 bridgehead atoms. The van der Waals surface area contributed by atoms with Crippen molar-refractivity contribution in [1.82, 2.24) is 0 Å². The molecule has 17 heavy (non-hydrogen) atoms. The van der Waals surface area contributed by atoms with Crippen molar-refractivity contribution in [3.8, 4) is 5.75 Å². The van der Waals surface area contributed by atoms with Gasteiger partial charge in [0.05, 0.1) is 19.3 Å². The fourth-order valence-electron chi connectivity index (χ4n) is 2.18. The van der Waals surface area contributed by atoms with Gasteiger partial charge in [0.15, 0.2) is 11.6 Å². The predicted octanol–water partition coefficient (Wildman–Crippen LogP) is 1.92. The number of hydrogen-bond acceptors (Lipinski definition) is 3. The number of benzene rings is 1. The van der Waals surface area contributed by atoms with E-state index >= 15 is 0 Å². The molecule has 1 N–H and O–H groups in total. The number of rotatable bonds is 3. The van der Waals surface area contributed by atoms with Crippen LogP contribution in [0.4, 0.5) is 4.39 Å². The smallest absolute Gasteiger partial charge is 0.168 e. The van der Waals surface area contributed by atoms with Gasteiger partial charge in [-0.25, -0.2) is 4.39 Å². The van der Waals surface area contributed by atoms with Gasteiger partial charge in [-0.2, -0.15) is 0 Å². The Hall–Kier alpha value is -1.13. The van der Waals surface area contributed by atoms with Gasteiger partial charge in [-0.1, -0.05) is 12.1 Å². The maximum absolute atomic E-state index is 13.9. The highest BCUT2D eigenvalue weighted by Gasteiger charge is 2.31. The SMILES string of the molecule is COc1cccc(CC2(O)CCCOC2)c1F. The molecule has 0 aliphatic carbocycles. The number of aliphatic hydroxyl groups is 1. The second-order valence-electron chi connectivity index (χ2n) is 4.49. The van der Waals surface area contributed by atoms with E-state index in [2.05, 4.69) is 0 Å². The fourth-order valence-corrected chi connectivity index (χ4v) is 2.18. The molecule has 0 aromatic heterocycles. The van der Waals surface area contributed by atoms with Crippen LogP contribution >= 0.6 is 0 Å². The first-order chi connectivity index (χ1) is 8.14. The monoisotopic (exact) mass is 240 g/mol. The highest BCUT2D eigenvalue weighted by Crippen LogP contribution is 2.27. The van der Waals surface area contributed by atoms with Gasteiger partial charge in [0, 0.05) is 13.0 Å². The van der Waals surface area contributed by atoms with Crippen molar-refractivity contribution >= 4 is 0 Å². The first-order valence-corrected chi connectivity index (χ1v) is 5.76. The van der Waals surface area contributed by atoms with Crippen molar-refractivity contribution in [2.45, 2.75) is 24.9 Å². The van der Waals surface area contributed by atoms with E-state index in [1.54, 1.807) is 18.2 Å². The molecule has 1 aliphatic rings.